The summed E-state index contributed by atoms with van der Waals surface area (Å²) in [5.41, 5.74) is 7.08. The molecule has 1 aliphatic rings. The smallest absolute Gasteiger partial charge is 0.248 e. The van der Waals surface area contributed by atoms with Gasteiger partial charge in [0.1, 0.15) is 5.82 Å². The number of hydrogen-bond donors (Lipinski definition) is 3. The van der Waals surface area contributed by atoms with Crippen molar-refractivity contribution in [2.75, 3.05) is 30.3 Å². The molecule has 0 spiro atoms. The third kappa shape index (κ3) is 6.12. The average Bonchev–Trinajstić information content (AvgIpc) is 2.73. The van der Waals surface area contributed by atoms with E-state index in [-0.39, 0.29) is 17.7 Å². The van der Waals surface area contributed by atoms with Crippen molar-refractivity contribution in [1.82, 2.24) is 9.88 Å². The summed E-state index contributed by atoms with van der Waals surface area (Å²) in [6.07, 6.45) is 2.06. The molecule has 4 N–H and O–H groups in total. The number of carbonyl (C=O) groups is 3. The maximum atomic E-state index is 12.6. The van der Waals surface area contributed by atoms with E-state index in [0.717, 1.165) is 25.1 Å². The Kier molecular flexibility index (Phi) is 7.13. The van der Waals surface area contributed by atoms with Gasteiger partial charge >= 0.3 is 0 Å². The number of piperidine rings is 1. The molecule has 1 fully saturated rings. The van der Waals surface area contributed by atoms with Crippen LogP contribution in [0.2, 0.25) is 0 Å². The topological polar surface area (TPSA) is 117 Å². The Morgan fingerprint density at radius 3 is 2.60 bits per heavy atom. The van der Waals surface area contributed by atoms with Crippen LogP contribution in [0.5, 0.6) is 0 Å². The molecule has 1 unspecified atom stereocenters. The molecular formula is C22H27N5O3. The highest BCUT2D eigenvalue weighted by molar-refractivity contribution is 5.95. The van der Waals surface area contributed by atoms with Crippen LogP contribution in [0.1, 0.15) is 35.3 Å². The third-order valence-corrected chi connectivity index (χ3v) is 5.12. The standard InChI is InChI=1S/C22H27N5O3/c1-15-4-2-6-19(24-15)26-22(30)17-5-3-12-27(14-17)13-11-20(28)25-18-9-7-16(8-10-18)21(23)29/h2,4,6-10,17H,3,5,11-14H2,1H3,(H2,23,29)(H,25,28)(H,24,26,30). The minimum Gasteiger partial charge on any atom is -0.366 e. The van der Waals surface area contributed by atoms with Crippen molar-refractivity contribution in [2.45, 2.75) is 26.2 Å². The summed E-state index contributed by atoms with van der Waals surface area (Å²) in [6, 6.07) is 12.0. The molecule has 0 bridgehead atoms. The van der Waals surface area contributed by atoms with Gasteiger partial charge in [0, 0.05) is 36.5 Å². The van der Waals surface area contributed by atoms with Crippen LogP contribution >= 0.6 is 0 Å². The molecule has 1 atom stereocenters. The zero-order valence-electron chi connectivity index (χ0n) is 17.1. The highest BCUT2D eigenvalue weighted by Gasteiger charge is 2.26. The third-order valence-electron chi connectivity index (χ3n) is 5.12. The largest absolute Gasteiger partial charge is 0.366 e. The number of rotatable bonds is 7. The van der Waals surface area contributed by atoms with E-state index >= 15 is 0 Å². The van der Waals surface area contributed by atoms with Crippen molar-refractivity contribution in [1.29, 1.82) is 0 Å². The van der Waals surface area contributed by atoms with Crippen LogP contribution < -0.4 is 16.4 Å². The lowest BCUT2D eigenvalue weighted by molar-refractivity contribution is -0.121. The van der Waals surface area contributed by atoms with Crippen molar-refractivity contribution in [3.63, 3.8) is 0 Å². The highest BCUT2D eigenvalue weighted by atomic mass is 16.2. The van der Waals surface area contributed by atoms with Crippen LogP contribution in [0.4, 0.5) is 11.5 Å². The molecule has 158 valence electrons. The molecule has 30 heavy (non-hydrogen) atoms. The van der Waals surface area contributed by atoms with Gasteiger partial charge in [0.15, 0.2) is 0 Å². The lowest BCUT2D eigenvalue weighted by atomic mass is 9.97. The van der Waals surface area contributed by atoms with Gasteiger partial charge in [-0.3, -0.25) is 14.4 Å². The molecule has 2 aromatic rings. The first-order chi connectivity index (χ1) is 14.4. The number of anilines is 2. The quantitative estimate of drug-likeness (QED) is 0.648. The van der Waals surface area contributed by atoms with E-state index in [2.05, 4.69) is 20.5 Å². The molecule has 0 saturated carbocycles. The van der Waals surface area contributed by atoms with Gasteiger partial charge < -0.3 is 21.3 Å². The molecular weight excluding hydrogens is 382 g/mol. The van der Waals surface area contributed by atoms with Crippen LogP contribution in [-0.2, 0) is 9.59 Å². The SMILES string of the molecule is Cc1cccc(NC(=O)C2CCCN(CCC(=O)Nc3ccc(C(N)=O)cc3)C2)n1. The first-order valence-electron chi connectivity index (χ1n) is 10.1. The predicted octanol–water partition coefficient (Wildman–Crippen LogP) is 2.17. The van der Waals surface area contributed by atoms with Gasteiger partial charge in [0.2, 0.25) is 17.7 Å². The molecule has 3 rings (SSSR count). The van der Waals surface area contributed by atoms with Crippen molar-refractivity contribution in [3.05, 3.63) is 53.7 Å². The minimum atomic E-state index is -0.505. The summed E-state index contributed by atoms with van der Waals surface area (Å²) in [5.74, 6) is -0.201. The first kappa shape index (κ1) is 21.4. The molecule has 8 heteroatoms. The fraction of sp³-hybridized carbons (Fsp3) is 0.364. The van der Waals surface area contributed by atoms with Crippen LogP contribution in [0.3, 0.4) is 0 Å². The van der Waals surface area contributed by atoms with Crippen LogP contribution in [-0.4, -0.2) is 47.2 Å². The number of aryl methyl sites for hydroxylation is 1. The predicted molar refractivity (Wildman–Crippen MR) is 115 cm³/mol. The number of nitrogens with zero attached hydrogens (tertiary/aromatic N) is 2. The molecule has 1 aromatic heterocycles. The Labute approximate surface area is 175 Å². The Hall–Kier alpha value is -3.26. The lowest BCUT2D eigenvalue weighted by Gasteiger charge is -2.31. The second-order valence-corrected chi connectivity index (χ2v) is 7.53. The van der Waals surface area contributed by atoms with Crippen molar-refractivity contribution in [3.8, 4) is 0 Å². The number of benzene rings is 1. The van der Waals surface area contributed by atoms with E-state index < -0.39 is 5.91 Å². The summed E-state index contributed by atoms with van der Waals surface area (Å²) in [7, 11) is 0. The second-order valence-electron chi connectivity index (χ2n) is 7.53. The molecule has 8 nitrogen and oxygen atoms in total. The molecule has 1 aliphatic heterocycles. The number of amides is 3. The zero-order chi connectivity index (χ0) is 21.5. The van der Waals surface area contributed by atoms with E-state index in [0.29, 0.717) is 36.6 Å². The number of hydrogen-bond acceptors (Lipinski definition) is 5. The summed E-state index contributed by atoms with van der Waals surface area (Å²) >= 11 is 0. The fourth-order valence-corrected chi connectivity index (χ4v) is 3.51. The second kappa shape index (κ2) is 9.98. The van der Waals surface area contributed by atoms with Gasteiger partial charge in [-0.05, 0) is 62.7 Å². The van der Waals surface area contributed by atoms with Gasteiger partial charge in [-0.15, -0.1) is 0 Å². The number of nitrogens with one attached hydrogen (secondary N) is 2. The zero-order valence-corrected chi connectivity index (χ0v) is 17.1. The van der Waals surface area contributed by atoms with Gasteiger partial charge in [-0.1, -0.05) is 6.07 Å². The summed E-state index contributed by atoms with van der Waals surface area (Å²) in [4.78, 5) is 42.4. The maximum Gasteiger partial charge on any atom is 0.248 e. The fourth-order valence-electron chi connectivity index (χ4n) is 3.51. The van der Waals surface area contributed by atoms with Gasteiger partial charge in [0.25, 0.3) is 0 Å². The Morgan fingerprint density at radius 1 is 1.13 bits per heavy atom. The Morgan fingerprint density at radius 2 is 1.90 bits per heavy atom. The van der Waals surface area contributed by atoms with Crippen molar-refractivity contribution < 1.29 is 14.4 Å². The molecule has 0 aliphatic carbocycles. The summed E-state index contributed by atoms with van der Waals surface area (Å²) in [5, 5.41) is 5.71. The summed E-state index contributed by atoms with van der Waals surface area (Å²) in [6.45, 7) is 3.96. The number of pyridine rings is 1. The molecule has 0 radical (unpaired) electrons. The highest BCUT2D eigenvalue weighted by Crippen LogP contribution is 2.19. The van der Waals surface area contributed by atoms with Gasteiger partial charge in [-0.2, -0.15) is 0 Å². The van der Waals surface area contributed by atoms with Gasteiger partial charge in [0.05, 0.1) is 5.92 Å². The molecule has 1 saturated heterocycles. The molecule has 2 heterocycles. The lowest BCUT2D eigenvalue weighted by Crippen LogP contribution is -2.41. The van der Waals surface area contributed by atoms with Crippen LogP contribution in [0.25, 0.3) is 0 Å². The minimum absolute atomic E-state index is 0.0307. The van der Waals surface area contributed by atoms with Crippen LogP contribution in [0.15, 0.2) is 42.5 Å². The van der Waals surface area contributed by atoms with E-state index in [1.807, 2.05) is 19.1 Å². The van der Waals surface area contributed by atoms with Crippen LogP contribution in [0, 0.1) is 12.8 Å². The number of likely N-dealkylation sites (tertiary alicyclic amines) is 1. The van der Waals surface area contributed by atoms with Gasteiger partial charge in [-0.25, -0.2) is 4.98 Å². The number of nitrogens with two attached hydrogens (primary N) is 1. The summed E-state index contributed by atoms with van der Waals surface area (Å²) < 4.78 is 0. The van der Waals surface area contributed by atoms with E-state index in [9.17, 15) is 14.4 Å². The number of aromatic nitrogens is 1. The van der Waals surface area contributed by atoms with E-state index in [4.69, 9.17) is 5.73 Å². The van der Waals surface area contributed by atoms with E-state index in [1.165, 1.54) is 0 Å². The van der Waals surface area contributed by atoms with Crippen molar-refractivity contribution >= 4 is 29.2 Å². The monoisotopic (exact) mass is 409 g/mol. The normalized spacial score (nSPS) is 16.6. The molecule has 3 amide bonds. The Balaban J connectivity index is 1.45. The Bertz CT molecular complexity index is 913. The first-order valence-corrected chi connectivity index (χ1v) is 10.1. The average molecular weight is 409 g/mol. The number of carbonyl (C=O) groups excluding carboxylic acids is 3. The maximum absolute atomic E-state index is 12.6. The van der Waals surface area contributed by atoms with E-state index in [1.54, 1.807) is 30.3 Å². The number of primary amides is 1. The van der Waals surface area contributed by atoms with Crippen molar-refractivity contribution in [2.24, 2.45) is 11.7 Å². The molecule has 1 aromatic carbocycles.